The predicted octanol–water partition coefficient (Wildman–Crippen LogP) is 1.28. The van der Waals surface area contributed by atoms with Crippen molar-refractivity contribution in [2.24, 2.45) is 0 Å². The second kappa shape index (κ2) is 11.4. The highest BCUT2D eigenvalue weighted by atomic mass is 35.5. The van der Waals surface area contributed by atoms with E-state index in [1.807, 2.05) is 14.1 Å². The molecule has 6 heteroatoms. The van der Waals surface area contributed by atoms with Crippen molar-refractivity contribution < 1.29 is 0 Å². The highest BCUT2D eigenvalue weighted by Gasteiger charge is 1.93. The van der Waals surface area contributed by atoms with E-state index < -0.39 is 0 Å². The summed E-state index contributed by atoms with van der Waals surface area (Å²) in [5.74, 6) is 0.979. The Morgan fingerprint density at radius 1 is 1.42 bits per heavy atom. The molecule has 0 aliphatic heterocycles. The molecule has 0 atom stereocenters. The second-order valence-corrected chi connectivity index (χ2v) is 3.34. The molecule has 0 aromatic carbocycles. The third-order valence-corrected chi connectivity index (χ3v) is 1.89. The van der Waals surface area contributed by atoms with Crippen molar-refractivity contribution in [1.29, 1.82) is 5.41 Å². The van der Waals surface area contributed by atoms with Gasteiger partial charge in [0.25, 0.3) is 0 Å². The van der Waals surface area contributed by atoms with Gasteiger partial charge in [-0.05, 0) is 14.1 Å². The molecule has 0 rings (SSSR count). The molecule has 0 aromatic heterocycles. The molecule has 0 heterocycles. The van der Waals surface area contributed by atoms with Crippen LogP contribution >= 0.6 is 36.6 Å². The molecule has 3 nitrogen and oxygen atoms in total. The molecule has 0 fully saturated rings. The van der Waals surface area contributed by atoms with Crippen molar-refractivity contribution in [1.82, 2.24) is 10.2 Å². The number of nitrogens with zero attached hydrogens (tertiary/aromatic N) is 1. The van der Waals surface area contributed by atoms with Crippen molar-refractivity contribution in [3.05, 3.63) is 0 Å². The maximum absolute atomic E-state index is 7.21. The van der Waals surface area contributed by atoms with Crippen molar-refractivity contribution in [2.75, 3.05) is 33.4 Å². The van der Waals surface area contributed by atoms with E-state index in [0.29, 0.717) is 5.17 Å². The zero-order valence-corrected chi connectivity index (χ0v) is 10.0. The molecule has 76 valence electrons. The Kier molecular flexibility index (Phi) is 17.2. The van der Waals surface area contributed by atoms with E-state index in [1.54, 1.807) is 7.05 Å². The highest BCUT2D eigenvalue weighted by molar-refractivity contribution is 8.13. The van der Waals surface area contributed by atoms with Crippen LogP contribution in [-0.2, 0) is 0 Å². The lowest BCUT2D eigenvalue weighted by atomic mass is 10.7. The third kappa shape index (κ3) is 13.0. The van der Waals surface area contributed by atoms with Crippen LogP contribution in [0.25, 0.3) is 0 Å². The molecule has 0 aromatic rings. The summed E-state index contributed by atoms with van der Waals surface area (Å²) < 4.78 is 0. The standard InChI is InChI=1S/C6H15N3S.2ClH/c1-8-6(7)10-5-4-9(2)3;;/h4-5H2,1-3H3,(H2,7,8);2*1H. The van der Waals surface area contributed by atoms with Gasteiger partial charge >= 0.3 is 0 Å². The van der Waals surface area contributed by atoms with Crippen LogP contribution in [0.1, 0.15) is 0 Å². The van der Waals surface area contributed by atoms with E-state index in [0.717, 1.165) is 12.3 Å². The number of hydrogen-bond donors (Lipinski definition) is 2. The third-order valence-electron chi connectivity index (χ3n) is 1.01. The van der Waals surface area contributed by atoms with Crippen LogP contribution in [-0.4, -0.2) is 43.5 Å². The first kappa shape index (κ1) is 18.2. The van der Waals surface area contributed by atoms with Gasteiger partial charge in [0.1, 0.15) is 0 Å². The normalized spacial score (nSPS) is 8.33. The van der Waals surface area contributed by atoms with Gasteiger partial charge in [-0.2, -0.15) is 0 Å². The zero-order chi connectivity index (χ0) is 7.98. The number of hydrogen-bond acceptors (Lipinski definition) is 3. The zero-order valence-electron chi connectivity index (χ0n) is 7.59. The minimum atomic E-state index is 0. The van der Waals surface area contributed by atoms with E-state index in [1.165, 1.54) is 11.8 Å². The number of nitrogens with one attached hydrogen (secondary N) is 2. The van der Waals surface area contributed by atoms with Crippen molar-refractivity contribution in [2.45, 2.75) is 0 Å². The molecule has 12 heavy (non-hydrogen) atoms. The largest absolute Gasteiger partial charge is 0.368 e. The summed E-state index contributed by atoms with van der Waals surface area (Å²) in [5, 5.41) is 10.5. The van der Waals surface area contributed by atoms with Gasteiger partial charge in [0.15, 0.2) is 5.17 Å². The van der Waals surface area contributed by atoms with Gasteiger partial charge in [-0.25, -0.2) is 0 Å². The lowest BCUT2D eigenvalue weighted by Gasteiger charge is -2.08. The quantitative estimate of drug-likeness (QED) is 0.570. The van der Waals surface area contributed by atoms with Gasteiger partial charge in [0, 0.05) is 19.3 Å². The topological polar surface area (TPSA) is 39.1 Å². The van der Waals surface area contributed by atoms with Crippen molar-refractivity contribution in [3.63, 3.8) is 0 Å². The summed E-state index contributed by atoms with van der Waals surface area (Å²) in [7, 11) is 5.83. The van der Waals surface area contributed by atoms with Crippen LogP contribution in [0.15, 0.2) is 0 Å². The summed E-state index contributed by atoms with van der Waals surface area (Å²) in [6.07, 6.45) is 0. The number of amidine groups is 1. The first-order valence-corrected chi connectivity index (χ1v) is 4.19. The Hall–Kier alpha value is 0.360. The van der Waals surface area contributed by atoms with Gasteiger partial charge < -0.3 is 10.2 Å². The molecule has 0 amide bonds. The monoisotopic (exact) mass is 233 g/mol. The molecule has 0 saturated carbocycles. The summed E-state index contributed by atoms with van der Waals surface area (Å²) in [5.41, 5.74) is 0. The first-order chi connectivity index (χ1) is 4.66. The minimum absolute atomic E-state index is 0. The first-order valence-electron chi connectivity index (χ1n) is 3.20. The van der Waals surface area contributed by atoms with Crippen molar-refractivity contribution in [3.8, 4) is 0 Å². The van der Waals surface area contributed by atoms with Gasteiger partial charge in [-0.15, -0.1) is 24.8 Å². The summed E-state index contributed by atoms with van der Waals surface area (Å²) in [6, 6.07) is 0. The second-order valence-electron chi connectivity index (χ2n) is 2.23. The molecule has 0 radical (unpaired) electrons. The SMILES string of the molecule is CNC(=N)SCCN(C)C.Cl.Cl. The van der Waals surface area contributed by atoms with Gasteiger partial charge in [-0.1, -0.05) is 11.8 Å². The van der Waals surface area contributed by atoms with Crippen LogP contribution < -0.4 is 5.32 Å². The number of rotatable bonds is 3. The maximum Gasteiger partial charge on any atom is 0.153 e. The number of halogens is 2. The molecule has 0 unspecified atom stereocenters. The fourth-order valence-corrected chi connectivity index (χ4v) is 1.21. The van der Waals surface area contributed by atoms with E-state index in [4.69, 9.17) is 5.41 Å². The average molecular weight is 234 g/mol. The maximum atomic E-state index is 7.21. The molecule has 0 aliphatic carbocycles. The van der Waals surface area contributed by atoms with Crippen LogP contribution in [0.3, 0.4) is 0 Å². The Morgan fingerprint density at radius 3 is 2.25 bits per heavy atom. The summed E-state index contributed by atoms with van der Waals surface area (Å²) >= 11 is 1.54. The van der Waals surface area contributed by atoms with Crippen molar-refractivity contribution >= 4 is 41.7 Å². The fraction of sp³-hybridized carbons (Fsp3) is 0.833. The van der Waals surface area contributed by atoms with E-state index in [-0.39, 0.29) is 24.8 Å². The average Bonchev–Trinajstić information content (AvgIpc) is 1.87. The van der Waals surface area contributed by atoms with Gasteiger partial charge in [0.05, 0.1) is 0 Å². The fourth-order valence-electron chi connectivity index (χ4n) is 0.402. The lowest BCUT2D eigenvalue weighted by Crippen LogP contribution is -2.19. The smallest absolute Gasteiger partial charge is 0.153 e. The molecule has 0 aliphatic rings. The summed E-state index contributed by atoms with van der Waals surface area (Å²) in [4.78, 5) is 2.11. The Morgan fingerprint density at radius 2 is 1.92 bits per heavy atom. The van der Waals surface area contributed by atoms with Crippen LogP contribution in [0, 0.1) is 5.41 Å². The van der Waals surface area contributed by atoms with Crippen LogP contribution in [0.5, 0.6) is 0 Å². The molecular weight excluding hydrogens is 217 g/mol. The molecular formula is C6H17Cl2N3S. The molecule has 0 saturated heterocycles. The molecule has 0 bridgehead atoms. The lowest BCUT2D eigenvalue weighted by molar-refractivity contribution is 0.437. The highest BCUT2D eigenvalue weighted by Crippen LogP contribution is 1.98. The summed E-state index contributed by atoms with van der Waals surface area (Å²) in [6.45, 7) is 1.02. The Labute approximate surface area is 91.0 Å². The number of thioether (sulfide) groups is 1. The minimum Gasteiger partial charge on any atom is -0.368 e. The van der Waals surface area contributed by atoms with E-state index in [2.05, 4.69) is 10.2 Å². The van der Waals surface area contributed by atoms with E-state index >= 15 is 0 Å². The van der Waals surface area contributed by atoms with Gasteiger partial charge in [-0.3, -0.25) is 5.41 Å². The van der Waals surface area contributed by atoms with Crippen LogP contribution in [0.4, 0.5) is 0 Å². The predicted molar refractivity (Wildman–Crippen MR) is 62.3 cm³/mol. The Bertz CT molecular complexity index is 111. The molecule has 2 N–H and O–H groups in total. The Balaban J connectivity index is -0.000000405. The van der Waals surface area contributed by atoms with Crippen LogP contribution in [0.2, 0.25) is 0 Å². The molecule has 0 spiro atoms. The van der Waals surface area contributed by atoms with E-state index in [9.17, 15) is 0 Å². The van der Waals surface area contributed by atoms with Gasteiger partial charge in [0.2, 0.25) is 0 Å².